The van der Waals surface area contributed by atoms with E-state index in [1.165, 1.54) is 0 Å². The van der Waals surface area contributed by atoms with Crippen molar-refractivity contribution in [1.82, 2.24) is 0 Å². The Hall–Kier alpha value is -2.80. The molecule has 0 spiro atoms. The van der Waals surface area contributed by atoms with Crippen LogP contribution in [-0.2, 0) is 0 Å². The minimum atomic E-state index is -0.231. The van der Waals surface area contributed by atoms with Gasteiger partial charge in [0.05, 0.1) is 11.3 Å². The normalized spacial score (nSPS) is 9.47. The molecule has 19 heavy (non-hydrogen) atoms. The Balaban J connectivity index is 2.18. The Labute approximate surface area is 111 Å². The molecular formula is C15H13N3O. The van der Waals surface area contributed by atoms with E-state index < -0.39 is 0 Å². The lowest BCUT2D eigenvalue weighted by molar-refractivity contribution is 0.102. The topological polar surface area (TPSA) is 64.9 Å². The minimum absolute atomic E-state index is 0.231. The van der Waals surface area contributed by atoms with Gasteiger partial charge in [0.25, 0.3) is 5.91 Å². The molecule has 2 aromatic carbocycles. The van der Waals surface area contributed by atoms with Gasteiger partial charge in [0.1, 0.15) is 6.07 Å². The van der Waals surface area contributed by atoms with Crippen molar-refractivity contribution in [3.8, 4) is 6.07 Å². The molecule has 0 radical (unpaired) electrons. The Morgan fingerprint density at radius 2 is 1.79 bits per heavy atom. The first kappa shape index (κ1) is 12.7. The summed E-state index contributed by atoms with van der Waals surface area (Å²) in [5.74, 6) is -0.231. The number of anilines is 2. The Morgan fingerprint density at radius 1 is 1.11 bits per heavy atom. The second-order valence-corrected chi connectivity index (χ2v) is 3.94. The van der Waals surface area contributed by atoms with E-state index in [9.17, 15) is 4.79 Å². The molecule has 4 nitrogen and oxygen atoms in total. The molecule has 2 N–H and O–H groups in total. The molecule has 0 aromatic heterocycles. The van der Waals surface area contributed by atoms with Crippen molar-refractivity contribution in [3.63, 3.8) is 0 Å². The zero-order chi connectivity index (χ0) is 13.7. The van der Waals surface area contributed by atoms with Crippen LogP contribution in [0.15, 0.2) is 48.5 Å². The van der Waals surface area contributed by atoms with Crippen LogP contribution in [0.2, 0.25) is 0 Å². The summed E-state index contributed by atoms with van der Waals surface area (Å²) in [7, 11) is 1.82. The zero-order valence-electron chi connectivity index (χ0n) is 10.5. The Kier molecular flexibility index (Phi) is 3.79. The van der Waals surface area contributed by atoms with Gasteiger partial charge < -0.3 is 10.6 Å². The molecule has 0 aliphatic carbocycles. The van der Waals surface area contributed by atoms with E-state index in [4.69, 9.17) is 5.26 Å². The number of carbonyl (C=O) groups is 1. The van der Waals surface area contributed by atoms with Crippen LogP contribution in [0.5, 0.6) is 0 Å². The first-order valence-corrected chi connectivity index (χ1v) is 5.83. The van der Waals surface area contributed by atoms with Gasteiger partial charge in [0, 0.05) is 18.3 Å². The zero-order valence-corrected chi connectivity index (χ0v) is 10.5. The van der Waals surface area contributed by atoms with Gasteiger partial charge in [0.2, 0.25) is 0 Å². The lowest BCUT2D eigenvalue weighted by Gasteiger charge is -2.07. The molecular weight excluding hydrogens is 238 g/mol. The number of amides is 1. The van der Waals surface area contributed by atoms with E-state index in [1.807, 2.05) is 25.2 Å². The first-order chi connectivity index (χ1) is 9.24. The maximum absolute atomic E-state index is 12.0. The number of rotatable bonds is 3. The number of hydrogen-bond acceptors (Lipinski definition) is 3. The second kappa shape index (κ2) is 5.69. The highest BCUT2D eigenvalue weighted by molar-refractivity contribution is 6.05. The third kappa shape index (κ3) is 2.90. The highest BCUT2D eigenvalue weighted by atomic mass is 16.1. The summed E-state index contributed by atoms with van der Waals surface area (Å²) in [5.41, 5.74) is 2.45. The van der Waals surface area contributed by atoms with Crippen LogP contribution in [0.3, 0.4) is 0 Å². The molecule has 0 atom stereocenters. The average molecular weight is 251 g/mol. The molecule has 0 heterocycles. The summed E-state index contributed by atoms with van der Waals surface area (Å²) in [4.78, 5) is 12.0. The highest BCUT2D eigenvalue weighted by Gasteiger charge is 2.08. The summed E-state index contributed by atoms with van der Waals surface area (Å²) in [6.45, 7) is 0. The molecule has 1 amide bonds. The largest absolute Gasteiger partial charge is 0.388 e. The lowest BCUT2D eigenvalue weighted by atomic mass is 10.1. The number of nitrogens with zero attached hydrogens (tertiary/aromatic N) is 1. The van der Waals surface area contributed by atoms with E-state index in [0.29, 0.717) is 16.8 Å². The molecule has 0 unspecified atom stereocenters. The second-order valence-electron chi connectivity index (χ2n) is 3.94. The third-order valence-corrected chi connectivity index (χ3v) is 2.73. The number of nitrogens with one attached hydrogen (secondary N) is 2. The van der Waals surface area contributed by atoms with Crippen molar-refractivity contribution < 1.29 is 4.79 Å². The van der Waals surface area contributed by atoms with Crippen LogP contribution in [0.25, 0.3) is 0 Å². The van der Waals surface area contributed by atoms with Gasteiger partial charge >= 0.3 is 0 Å². The predicted molar refractivity (Wildman–Crippen MR) is 75.1 cm³/mol. The summed E-state index contributed by atoms with van der Waals surface area (Å²) >= 11 is 0. The SMILES string of the molecule is CNc1ccc(C(=O)Nc2ccccc2C#N)cc1. The molecule has 2 aromatic rings. The molecule has 2 rings (SSSR count). The molecule has 4 heteroatoms. The summed E-state index contributed by atoms with van der Waals surface area (Å²) in [5, 5.41) is 14.7. The summed E-state index contributed by atoms with van der Waals surface area (Å²) < 4.78 is 0. The van der Waals surface area contributed by atoms with Crippen molar-refractivity contribution >= 4 is 17.3 Å². The fourth-order valence-corrected chi connectivity index (χ4v) is 1.67. The van der Waals surface area contributed by atoms with Crippen molar-refractivity contribution in [2.24, 2.45) is 0 Å². The molecule has 94 valence electrons. The maximum Gasteiger partial charge on any atom is 0.255 e. The molecule has 0 aliphatic rings. The Morgan fingerprint density at radius 3 is 2.42 bits per heavy atom. The van der Waals surface area contributed by atoms with Crippen molar-refractivity contribution in [1.29, 1.82) is 5.26 Å². The molecule has 0 saturated carbocycles. The van der Waals surface area contributed by atoms with Crippen LogP contribution in [0.1, 0.15) is 15.9 Å². The van der Waals surface area contributed by atoms with Gasteiger partial charge in [0.15, 0.2) is 0 Å². The number of nitriles is 1. The van der Waals surface area contributed by atoms with E-state index in [0.717, 1.165) is 5.69 Å². The van der Waals surface area contributed by atoms with Gasteiger partial charge in [-0.05, 0) is 36.4 Å². The fourth-order valence-electron chi connectivity index (χ4n) is 1.67. The van der Waals surface area contributed by atoms with E-state index in [-0.39, 0.29) is 5.91 Å². The number of carbonyl (C=O) groups excluding carboxylic acids is 1. The van der Waals surface area contributed by atoms with Gasteiger partial charge in [-0.1, -0.05) is 12.1 Å². The summed E-state index contributed by atoms with van der Waals surface area (Å²) in [6, 6.07) is 16.1. The van der Waals surface area contributed by atoms with Crippen LogP contribution in [-0.4, -0.2) is 13.0 Å². The minimum Gasteiger partial charge on any atom is -0.388 e. The molecule has 0 aliphatic heterocycles. The van der Waals surface area contributed by atoms with Crippen LogP contribution in [0, 0.1) is 11.3 Å². The van der Waals surface area contributed by atoms with Crippen LogP contribution >= 0.6 is 0 Å². The van der Waals surface area contributed by atoms with Gasteiger partial charge in [-0.3, -0.25) is 4.79 Å². The molecule has 0 fully saturated rings. The van der Waals surface area contributed by atoms with E-state index in [2.05, 4.69) is 10.6 Å². The fraction of sp³-hybridized carbons (Fsp3) is 0.0667. The Bertz CT molecular complexity index is 627. The number of hydrogen-bond donors (Lipinski definition) is 2. The van der Waals surface area contributed by atoms with Crippen molar-refractivity contribution in [3.05, 3.63) is 59.7 Å². The number of benzene rings is 2. The first-order valence-electron chi connectivity index (χ1n) is 5.83. The lowest BCUT2D eigenvalue weighted by Crippen LogP contribution is -2.12. The maximum atomic E-state index is 12.0. The van der Waals surface area contributed by atoms with E-state index >= 15 is 0 Å². The highest BCUT2D eigenvalue weighted by Crippen LogP contribution is 2.16. The smallest absolute Gasteiger partial charge is 0.255 e. The predicted octanol–water partition coefficient (Wildman–Crippen LogP) is 2.85. The molecule has 0 bridgehead atoms. The van der Waals surface area contributed by atoms with Gasteiger partial charge in [-0.2, -0.15) is 5.26 Å². The average Bonchev–Trinajstić information content (AvgIpc) is 2.48. The molecule has 0 saturated heterocycles. The monoisotopic (exact) mass is 251 g/mol. The third-order valence-electron chi connectivity index (χ3n) is 2.73. The van der Waals surface area contributed by atoms with E-state index in [1.54, 1.807) is 36.4 Å². The quantitative estimate of drug-likeness (QED) is 0.881. The number of para-hydroxylation sites is 1. The van der Waals surface area contributed by atoms with Gasteiger partial charge in [-0.15, -0.1) is 0 Å². The van der Waals surface area contributed by atoms with Crippen molar-refractivity contribution in [2.45, 2.75) is 0 Å². The van der Waals surface area contributed by atoms with Crippen molar-refractivity contribution in [2.75, 3.05) is 17.7 Å². The van der Waals surface area contributed by atoms with Crippen LogP contribution < -0.4 is 10.6 Å². The van der Waals surface area contributed by atoms with Crippen LogP contribution in [0.4, 0.5) is 11.4 Å². The standard InChI is InChI=1S/C15H13N3O/c1-17-13-8-6-11(7-9-13)15(19)18-14-5-3-2-4-12(14)10-16/h2-9,17H,1H3,(H,18,19). The summed E-state index contributed by atoms with van der Waals surface area (Å²) in [6.07, 6.45) is 0. The van der Waals surface area contributed by atoms with Gasteiger partial charge in [-0.25, -0.2) is 0 Å².